The summed E-state index contributed by atoms with van der Waals surface area (Å²) in [5.41, 5.74) is 0. The molecule has 14 heavy (non-hydrogen) atoms. The van der Waals surface area contributed by atoms with Crippen LogP contribution in [-0.4, -0.2) is 37.5 Å². The molecule has 1 heterocycles. The van der Waals surface area contributed by atoms with Gasteiger partial charge in [-0.3, -0.25) is 4.79 Å². The zero-order valence-corrected chi connectivity index (χ0v) is 9.55. The van der Waals surface area contributed by atoms with E-state index in [1.54, 1.807) is 0 Å². The summed E-state index contributed by atoms with van der Waals surface area (Å²) in [6.07, 6.45) is 2.18. The number of nitrogens with zero attached hydrogens (tertiary/aromatic N) is 1. The van der Waals surface area contributed by atoms with Crippen LogP contribution in [0.1, 0.15) is 26.7 Å². The van der Waals surface area contributed by atoms with E-state index in [9.17, 15) is 4.79 Å². The van der Waals surface area contributed by atoms with Crippen LogP contribution >= 0.6 is 0 Å². The van der Waals surface area contributed by atoms with Crippen molar-refractivity contribution in [1.29, 1.82) is 0 Å². The predicted molar refractivity (Wildman–Crippen MR) is 58.1 cm³/mol. The minimum absolute atomic E-state index is 0.215. The Morgan fingerprint density at radius 1 is 1.57 bits per heavy atom. The lowest BCUT2D eigenvalue weighted by Gasteiger charge is -2.27. The van der Waals surface area contributed by atoms with Gasteiger partial charge in [-0.25, -0.2) is 0 Å². The smallest absolute Gasteiger partial charge is 0.226 e. The minimum atomic E-state index is 0.215. The third-order valence-electron chi connectivity index (χ3n) is 2.66. The first kappa shape index (κ1) is 11.5. The Kier molecular flexibility index (Phi) is 4.39. The van der Waals surface area contributed by atoms with Crippen molar-refractivity contribution in [2.75, 3.05) is 26.7 Å². The number of hydrogen-bond acceptors (Lipinski definition) is 2. The summed E-state index contributed by atoms with van der Waals surface area (Å²) in [4.78, 5) is 13.8. The van der Waals surface area contributed by atoms with E-state index in [0.29, 0.717) is 11.8 Å². The van der Waals surface area contributed by atoms with E-state index in [0.717, 1.165) is 32.5 Å². The van der Waals surface area contributed by atoms with Crippen LogP contribution < -0.4 is 5.32 Å². The molecule has 1 N–H and O–H groups in total. The van der Waals surface area contributed by atoms with Gasteiger partial charge in [0.1, 0.15) is 0 Å². The standard InChI is InChI=1S/C11H22N2O/c1-9(2)8-13(3)11(14)10-5-4-6-12-7-10/h9-10,12H,4-8H2,1-3H3/t10-/m0/s1. The average Bonchev–Trinajstić information content (AvgIpc) is 2.17. The third-order valence-corrected chi connectivity index (χ3v) is 2.66. The molecule has 1 saturated heterocycles. The van der Waals surface area contributed by atoms with Gasteiger partial charge in [0, 0.05) is 20.1 Å². The second kappa shape index (κ2) is 5.35. The molecule has 1 amide bonds. The van der Waals surface area contributed by atoms with Crippen molar-refractivity contribution in [3.05, 3.63) is 0 Å². The maximum Gasteiger partial charge on any atom is 0.226 e. The molecule has 0 unspecified atom stereocenters. The van der Waals surface area contributed by atoms with Crippen molar-refractivity contribution in [2.45, 2.75) is 26.7 Å². The molecule has 0 aliphatic carbocycles. The summed E-state index contributed by atoms with van der Waals surface area (Å²) in [5.74, 6) is 1.08. The van der Waals surface area contributed by atoms with Gasteiger partial charge in [0.2, 0.25) is 5.91 Å². The maximum absolute atomic E-state index is 11.9. The largest absolute Gasteiger partial charge is 0.345 e. The second-order valence-corrected chi connectivity index (χ2v) is 4.66. The molecule has 1 atom stereocenters. The third kappa shape index (κ3) is 3.29. The molecule has 1 aliphatic rings. The predicted octanol–water partition coefficient (Wildman–Crippen LogP) is 1.10. The molecular formula is C11H22N2O. The number of nitrogens with one attached hydrogen (secondary N) is 1. The highest BCUT2D eigenvalue weighted by atomic mass is 16.2. The van der Waals surface area contributed by atoms with Gasteiger partial charge in [-0.2, -0.15) is 0 Å². The van der Waals surface area contributed by atoms with Gasteiger partial charge >= 0.3 is 0 Å². The highest BCUT2D eigenvalue weighted by molar-refractivity contribution is 5.78. The zero-order valence-electron chi connectivity index (χ0n) is 9.55. The monoisotopic (exact) mass is 198 g/mol. The highest BCUT2D eigenvalue weighted by Gasteiger charge is 2.23. The van der Waals surface area contributed by atoms with Crippen molar-refractivity contribution in [1.82, 2.24) is 10.2 Å². The molecule has 0 spiro atoms. The molecule has 0 bridgehead atoms. The maximum atomic E-state index is 11.9. The van der Waals surface area contributed by atoms with E-state index >= 15 is 0 Å². The fraction of sp³-hybridized carbons (Fsp3) is 0.909. The summed E-state index contributed by atoms with van der Waals surface area (Å²) in [7, 11) is 1.91. The van der Waals surface area contributed by atoms with Gasteiger partial charge in [-0.15, -0.1) is 0 Å². The Morgan fingerprint density at radius 3 is 2.79 bits per heavy atom. The molecule has 1 aliphatic heterocycles. The quantitative estimate of drug-likeness (QED) is 0.736. The summed E-state index contributed by atoms with van der Waals surface area (Å²) in [5, 5.41) is 3.28. The molecule has 0 aromatic heterocycles. The molecule has 1 rings (SSSR count). The molecular weight excluding hydrogens is 176 g/mol. The van der Waals surface area contributed by atoms with Crippen LogP contribution in [-0.2, 0) is 4.79 Å². The molecule has 3 nitrogen and oxygen atoms in total. The lowest BCUT2D eigenvalue weighted by molar-refractivity contribution is -0.135. The summed E-state index contributed by atoms with van der Waals surface area (Å²) >= 11 is 0. The van der Waals surface area contributed by atoms with E-state index in [1.165, 1.54) is 0 Å². The molecule has 3 heteroatoms. The van der Waals surface area contributed by atoms with Crippen LogP contribution in [0.5, 0.6) is 0 Å². The summed E-state index contributed by atoms with van der Waals surface area (Å²) in [6.45, 7) is 7.08. The van der Waals surface area contributed by atoms with Gasteiger partial charge in [-0.05, 0) is 25.3 Å². The lowest BCUT2D eigenvalue weighted by Crippen LogP contribution is -2.42. The van der Waals surface area contributed by atoms with E-state index in [1.807, 2.05) is 11.9 Å². The Morgan fingerprint density at radius 2 is 2.29 bits per heavy atom. The van der Waals surface area contributed by atoms with Crippen LogP contribution in [0.25, 0.3) is 0 Å². The first-order valence-corrected chi connectivity index (χ1v) is 5.57. The van der Waals surface area contributed by atoms with Crippen LogP contribution in [0.2, 0.25) is 0 Å². The topological polar surface area (TPSA) is 32.3 Å². The SMILES string of the molecule is CC(C)CN(C)C(=O)[C@H]1CCCNC1. The fourth-order valence-corrected chi connectivity index (χ4v) is 2.01. The van der Waals surface area contributed by atoms with Gasteiger partial charge in [-0.1, -0.05) is 13.8 Å². The van der Waals surface area contributed by atoms with E-state index < -0.39 is 0 Å². The Balaban J connectivity index is 2.38. The normalized spacial score (nSPS) is 22.4. The van der Waals surface area contributed by atoms with Gasteiger partial charge in [0.05, 0.1) is 5.92 Å². The number of carbonyl (C=O) groups is 1. The van der Waals surface area contributed by atoms with Crippen molar-refractivity contribution >= 4 is 5.91 Å². The van der Waals surface area contributed by atoms with E-state index in [4.69, 9.17) is 0 Å². The molecule has 0 aromatic carbocycles. The molecule has 82 valence electrons. The van der Waals surface area contributed by atoms with Crippen LogP contribution in [0.4, 0.5) is 0 Å². The Labute approximate surface area is 86.9 Å². The fourth-order valence-electron chi connectivity index (χ4n) is 2.01. The molecule has 0 radical (unpaired) electrons. The molecule has 0 saturated carbocycles. The van der Waals surface area contributed by atoms with Crippen LogP contribution in [0.15, 0.2) is 0 Å². The number of amides is 1. The molecule has 1 fully saturated rings. The van der Waals surface area contributed by atoms with E-state index in [2.05, 4.69) is 19.2 Å². The zero-order chi connectivity index (χ0) is 10.6. The number of carbonyl (C=O) groups excluding carboxylic acids is 1. The first-order chi connectivity index (χ1) is 6.61. The van der Waals surface area contributed by atoms with Gasteiger partial charge in [0.25, 0.3) is 0 Å². The van der Waals surface area contributed by atoms with Crippen LogP contribution in [0, 0.1) is 11.8 Å². The number of piperidine rings is 1. The average molecular weight is 198 g/mol. The Bertz CT molecular complexity index is 186. The van der Waals surface area contributed by atoms with Gasteiger partial charge < -0.3 is 10.2 Å². The molecule has 0 aromatic rings. The second-order valence-electron chi connectivity index (χ2n) is 4.66. The Hall–Kier alpha value is -0.570. The van der Waals surface area contributed by atoms with Crippen LogP contribution in [0.3, 0.4) is 0 Å². The number of rotatable bonds is 3. The van der Waals surface area contributed by atoms with Crippen molar-refractivity contribution in [2.24, 2.45) is 11.8 Å². The lowest BCUT2D eigenvalue weighted by atomic mass is 9.98. The summed E-state index contributed by atoms with van der Waals surface area (Å²) < 4.78 is 0. The van der Waals surface area contributed by atoms with E-state index in [-0.39, 0.29) is 5.92 Å². The first-order valence-electron chi connectivity index (χ1n) is 5.57. The van der Waals surface area contributed by atoms with Crippen molar-refractivity contribution in [3.63, 3.8) is 0 Å². The van der Waals surface area contributed by atoms with Crippen molar-refractivity contribution in [3.8, 4) is 0 Å². The number of hydrogen-bond donors (Lipinski definition) is 1. The van der Waals surface area contributed by atoms with Crippen molar-refractivity contribution < 1.29 is 4.79 Å². The minimum Gasteiger partial charge on any atom is -0.345 e. The summed E-state index contributed by atoms with van der Waals surface area (Å²) in [6, 6.07) is 0. The van der Waals surface area contributed by atoms with Gasteiger partial charge in [0.15, 0.2) is 0 Å². The highest BCUT2D eigenvalue weighted by Crippen LogP contribution is 2.13.